The maximum Gasteiger partial charge on any atom is 0.216 e. The van der Waals surface area contributed by atoms with Crippen LogP contribution in [0.4, 0.5) is 0 Å². The molecule has 1 aromatic rings. The fourth-order valence-corrected chi connectivity index (χ4v) is 1.37. The number of nitrogens with zero attached hydrogens (tertiary/aromatic N) is 1. The smallest absolute Gasteiger partial charge is 0.216 e. The van der Waals surface area contributed by atoms with Gasteiger partial charge in [-0.25, -0.2) is 4.99 Å². The number of aromatic hydroxyl groups is 1. The number of rotatable bonds is 1. The highest BCUT2D eigenvalue weighted by Crippen LogP contribution is 2.22. The fourth-order valence-electron chi connectivity index (χ4n) is 1.37. The van der Waals surface area contributed by atoms with Gasteiger partial charge in [0.25, 0.3) is 0 Å². The molecule has 74 valence electrons. The number of hydrogen-bond acceptors (Lipinski definition) is 3. The van der Waals surface area contributed by atoms with Crippen LogP contribution >= 0.6 is 0 Å². The lowest BCUT2D eigenvalue weighted by molar-refractivity contribution is 0.279. The lowest BCUT2D eigenvalue weighted by Gasteiger charge is -2.07. The molecule has 0 saturated heterocycles. The van der Waals surface area contributed by atoms with Crippen molar-refractivity contribution in [2.24, 2.45) is 4.99 Å². The van der Waals surface area contributed by atoms with Crippen molar-refractivity contribution in [2.75, 3.05) is 6.61 Å². The van der Waals surface area contributed by atoms with Crippen molar-refractivity contribution in [3.63, 3.8) is 0 Å². The number of aliphatic imine (C=N–C) groups is 1. The van der Waals surface area contributed by atoms with E-state index in [4.69, 9.17) is 4.74 Å². The van der Waals surface area contributed by atoms with E-state index in [1.165, 1.54) is 0 Å². The second-order valence-corrected chi connectivity index (χ2v) is 4.07. The van der Waals surface area contributed by atoms with Gasteiger partial charge in [-0.2, -0.15) is 0 Å². The molecule has 1 N–H and O–H groups in total. The molecule has 3 nitrogen and oxygen atoms in total. The normalized spacial score (nSPS) is 18.9. The van der Waals surface area contributed by atoms with E-state index in [0.29, 0.717) is 12.5 Å². The largest absolute Gasteiger partial charge is 0.508 e. The Morgan fingerprint density at radius 2 is 2.21 bits per heavy atom. The third kappa shape index (κ3) is 1.71. The molecular weight excluding hydrogens is 178 g/mol. The highest BCUT2D eigenvalue weighted by Gasteiger charge is 2.26. The Morgan fingerprint density at radius 1 is 1.43 bits per heavy atom. The van der Waals surface area contributed by atoms with Crippen molar-refractivity contribution in [3.05, 3.63) is 29.8 Å². The maximum atomic E-state index is 9.29. The Labute approximate surface area is 83.1 Å². The van der Waals surface area contributed by atoms with Crippen molar-refractivity contribution < 1.29 is 9.84 Å². The molecule has 3 heteroatoms. The third-order valence-electron chi connectivity index (χ3n) is 2.06. The summed E-state index contributed by atoms with van der Waals surface area (Å²) in [4.78, 5) is 4.42. The van der Waals surface area contributed by atoms with Gasteiger partial charge in [0.15, 0.2) is 0 Å². The summed E-state index contributed by atoms with van der Waals surface area (Å²) in [6, 6.07) is 6.94. The Hall–Kier alpha value is -1.51. The van der Waals surface area contributed by atoms with Gasteiger partial charge >= 0.3 is 0 Å². The summed E-state index contributed by atoms with van der Waals surface area (Å²) in [6.45, 7) is 4.63. The van der Waals surface area contributed by atoms with Gasteiger partial charge < -0.3 is 9.84 Å². The van der Waals surface area contributed by atoms with Gasteiger partial charge in [-0.15, -0.1) is 0 Å². The molecule has 0 unspecified atom stereocenters. The first-order chi connectivity index (χ1) is 6.57. The minimum Gasteiger partial charge on any atom is -0.508 e. The monoisotopic (exact) mass is 191 g/mol. The zero-order valence-corrected chi connectivity index (χ0v) is 8.32. The number of phenols is 1. The Kier molecular flexibility index (Phi) is 1.95. The Morgan fingerprint density at radius 3 is 2.79 bits per heavy atom. The summed E-state index contributed by atoms with van der Waals surface area (Å²) >= 11 is 0. The van der Waals surface area contributed by atoms with Crippen LogP contribution in [0, 0.1) is 0 Å². The third-order valence-corrected chi connectivity index (χ3v) is 2.06. The average molecular weight is 191 g/mol. The van der Waals surface area contributed by atoms with E-state index in [9.17, 15) is 5.11 Å². The molecule has 0 aliphatic carbocycles. The molecule has 0 amide bonds. The lowest BCUT2D eigenvalue weighted by atomic mass is 10.1. The van der Waals surface area contributed by atoms with Crippen LogP contribution in [0.3, 0.4) is 0 Å². The fraction of sp³-hybridized carbons (Fsp3) is 0.364. The Bertz CT molecular complexity index is 383. The lowest BCUT2D eigenvalue weighted by Crippen LogP contribution is -2.17. The average Bonchev–Trinajstić information content (AvgIpc) is 2.46. The molecule has 1 aliphatic rings. The van der Waals surface area contributed by atoms with Gasteiger partial charge in [-0.1, -0.05) is 6.07 Å². The highest BCUT2D eigenvalue weighted by molar-refractivity contribution is 5.95. The molecule has 0 atom stereocenters. The van der Waals surface area contributed by atoms with Crippen LogP contribution in [0.15, 0.2) is 29.3 Å². The predicted octanol–water partition coefficient (Wildman–Crippen LogP) is 1.95. The van der Waals surface area contributed by atoms with Crippen LogP contribution in [0.5, 0.6) is 5.75 Å². The molecule has 0 bridgehead atoms. The summed E-state index contributed by atoms with van der Waals surface area (Å²) in [6.07, 6.45) is 0. The molecule has 2 rings (SSSR count). The molecular formula is C11H13NO2. The molecule has 14 heavy (non-hydrogen) atoms. The highest BCUT2D eigenvalue weighted by atomic mass is 16.5. The van der Waals surface area contributed by atoms with Gasteiger partial charge in [0.05, 0.1) is 5.54 Å². The van der Waals surface area contributed by atoms with Crippen LogP contribution in [-0.4, -0.2) is 23.2 Å². The van der Waals surface area contributed by atoms with Crippen molar-refractivity contribution >= 4 is 5.90 Å². The standard InChI is InChI=1S/C11H13NO2/c1-11(2)7-14-10(12-11)8-4-3-5-9(13)6-8/h3-6,13H,7H2,1-2H3. The van der Waals surface area contributed by atoms with E-state index in [0.717, 1.165) is 5.56 Å². The number of hydrogen-bond donors (Lipinski definition) is 1. The first kappa shape index (κ1) is 9.06. The second kappa shape index (κ2) is 3.01. The van der Waals surface area contributed by atoms with Crippen LogP contribution in [0.1, 0.15) is 19.4 Å². The van der Waals surface area contributed by atoms with Gasteiger partial charge in [0.2, 0.25) is 5.90 Å². The van der Waals surface area contributed by atoms with E-state index in [1.54, 1.807) is 18.2 Å². The van der Waals surface area contributed by atoms with E-state index in [-0.39, 0.29) is 11.3 Å². The first-order valence-corrected chi connectivity index (χ1v) is 4.59. The molecule has 0 saturated carbocycles. The van der Waals surface area contributed by atoms with Gasteiger partial charge in [0, 0.05) is 5.56 Å². The topological polar surface area (TPSA) is 41.8 Å². The first-order valence-electron chi connectivity index (χ1n) is 4.59. The van der Waals surface area contributed by atoms with Crippen LogP contribution in [0.25, 0.3) is 0 Å². The molecule has 1 aromatic carbocycles. The van der Waals surface area contributed by atoms with E-state index in [1.807, 2.05) is 19.9 Å². The molecule has 1 heterocycles. The molecule has 0 spiro atoms. The van der Waals surface area contributed by atoms with Crippen molar-refractivity contribution in [3.8, 4) is 5.75 Å². The van der Waals surface area contributed by atoms with Crippen LogP contribution in [-0.2, 0) is 4.74 Å². The van der Waals surface area contributed by atoms with Gasteiger partial charge in [-0.05, 0) is 32.0 Å². The summed E-state index contributed by atoms with van der Waals surface area (Å²) < 4.78 is 5.45. The zero-order valence-electron chi connectivity index (χ0n) is 8.32. The SMILES string of the molecule is CC1(C)COC(c2cccc(O)c2)=N1. The maximum absolute atomic E-state index is 9.29. The molecule has 0 fully saturated rings. The summed E-state index contributed by atoms with van der Waals surface area (Å²) in [5.41, 5.74) is 0.677. The summed E-state index contributed by atoms with van der Waals surface area (Å²) in [5, 5.41) is 9.29. The van der Waals surface area contributed by atoms with E-state index < -0.39 is 0 Å². The number of ether oxygens (including phenoxy) is 1. The summed E-state index contributed by atoms with van der Waals surface area (Å²) in [7, 11) is 0. The molecule has 1 aliphatic heterocycles. The quantitative estimate of drug-likeness (QED) is 0.737. The molecule has 0 radical (unpaired) electrons. The Balaban J connectivity index is 2.33. The predicted molar refractivity (Wildman–Crippen MR) is 54.7 cm³/mol. The second-order valence-electron chi connectivity index (χ2n) is 4.07. The van der Waals surface area contributed by atoms with Gasteiger partial charge in [0.1, 0.15) is 12.4 Å². The van der Waals surface area contributed by atoms with Gasteiger partial charge in [-0.3, -0.25) is 0 Å². The number of phenolic OH excluding ortho intramolecular Hbond substituents is 1. The van der Waals surface area contributed by atoms with E-state index >= 15 is 0 Å². The van der Waals surface area contributed by atoms with Crippen LogP contribution < -0.4 is 0 Å². The van der Waals surface area contributed by atoms with Crippen molar-refractivity contribution in [1.82, 2.24) is 0 Å². The molecule has 0 aromatic heterocycles. The van der Waals surface area contributed by atoms with Crippen molar-refractivity contribution in [2.45, 2.75) is 19.4 Å². The van der Waals surface area contributed by atoms with Crippen molar-refractivity contribution in [1.29, 1.82) is 0 Å². The minimum atomic E-state index is -0.152. The zero-order chi connectivity index (χ0) is 10.2. The van der Waals surface area contributed by atoms with E-state index in [2.05, 4.69) is 4.99 Å². The number of benzene rings is 1. The minimum absolute atomic E-state index is 0.152. The van der Waals surface area contributed by atoms with Crippen LogP contribution in [0.2, 0.25) is 0 Å². The summed E-state index contributed by atoms with van der Waals surface area (Å²) in [5.74, 6) is 0.851.